The number of benzene rings is 1. The Balaban J connectivity index is 2.32. The van der Waals surface area contributed by atoms with Crippen molar-refractivity contribution in [3.05, 3.63) is 35.6 Å². The van der Waals surface area contributed by atoms with Gasteiger partial charge in [0.05, 0.1) is 0 Å². The van der Waals surface area contributed by atoms with Crippen molar-refractivity contribution in [2.75, 3.05) is 12.0 Å². The minimum absolute atomic E-state index is 0.259. The molecule has 0 saturated carbocycles. The number of halogens is 1. The average molecular weight is 313 g/mol. The van der Waals surface area contributed by atoms with Crippen LogP contribution in [0.4, 0.5) is 4.39 Å². The average Bonchev–Trinajstić information content (AvgIpc) is 2.45. The van der Waals surface area contributed by atoms with Gasteiger partial charge in [-0.2, -0.15) is 11.8 Å². The number of carboxylic acids is 1. The molecular weight excluding hydrogens is 293 g/mol. The molecule has 1 aromatic carbocycles. The predicted octanol–water partition coefficient (Wildman–Crippen LogP) is 2.47. The van der Waals surface area contributed by atoms with E-state index in [4.69, 9.17) is 5.11 Å². The van der Waals surface area contributed by atoms with Crippen LogP contribution < -0.4 is 5.32 Å². The molecule has 0 aliphatic carbocycles. The molecule has 1 rings (SSSR count). The van der Waals surface area contributed by atoms with Gasteiger partial charge in [-0.05, 0) is 49.0 Å². The summed E-state index contributed by atoms with van der Waals surface area (Å²) >= 11 is 1.55. The molecule has 0 aliphatic heterocycles. The van der Waals surface area contributed by atoms with Crippen LogP contribution >= 0.6 is 11.8 Å². The number of hydrogen-bond donors (Lipinski definition) is 2. The minimum Gasteiger partial charge on any atom is -0.480 e. The van der Waals surface area contributed by atoms with Crippen LogP contribution in [0.5, 0.6) is 0 Å². The van der Waals surface area contributed by atoms with Gasteiger partial charge in [0.15, 0.2) is 0 Å². The van der Waals surface area contributed by atoms with Crippen molar-refractivity contribution in [2.24, 2.45) is 0 Å². The Hall–Kier alpha value is -1.56. The largest absolute Gasteiger partial charge is 0.480 e. The lowest BCUT2D eigenvalue weighted by molar-refractivity contribution is -0.141. The Kier molecular flexibility index (Phi) is 7.82. The fraction of sp³-hybridized carbons (Fsp3) is 0.467. The van der Waals surface area contributed by atoms with E-state index in [-0.39, 0.29) is 18.1 Å². The number of aliphatic carboxylic acids is 1. The molecular formula is C15H20FNO3S. The summed E-state index contributed by atoms with van der Waals surface area (Å²) in [5.74, 6) is -0.858. The van der Waals surface area contributed by atoms with Crippen molar-refractivity contribution >= 4 is 23.6 Å². The van der Waals surface area contributed by atoms with Gasteiger partial charge < -0.3 is 10.4 Å². The highest BCUT2D eigenvalue weighted by molar-refractivity contribution is 7.98. The Bertz CT molecular complexity index is 464. The lowest BCUT2D eigenvalue weighted by Crippen LogP contribution is -2.41. The van der Waals surface area contributed by atoms with Crippen molar-refractivity contribution in [1.29, 1.82) is 0 Å². The Morgan fingerprint density at radius 2 is 2.00 bits per heavy atom. The highest BCUT2D eigenvalue weighted by Gasteiger charge is 2.18. The molecule has 6 heteroatoms. The predicted molar refractivity (Wildman–Crippen MR) is 81.9 cm³/mol. The molecule has 0 radical (unpaired) electrons. The first-order valence-corrected chi connectivity index (χ1v) is 8.18. The summed E-state index contributed by atoms with van der Waals surface area (Å²) < 4.78 is 12.7. The molecule has 21 heavy (non-hydrogen) atoms. The maximum Gasteiger partial charge on any atom is 0.326 e. The topological polar surface area (TPSA) is 66.4 Å². The zero-order valence-corrected chi connectivity index (χ0v) is 12.8. The number of thioether (sulfide) groups is 1. The second kappa shape index (κ2) is 9.39. The molecule has 0 aromatic heterocycles. The number of rotatable bonds is 9. The molecule has 0 heterocycles. The number of amides is 1. The van der Waals surface area contributed by atoms with Gasteiger partial charge in [-0.25, -0.2) is 9.18 Å². The number of carbonyl (C=O) groups is 2. The number of carbonyl (C=O) groups excluding carboxylic acids is 1. The van der Waals surface area contributed by atoms with Crippen LogP contribution in [0.3, 0.4) is 0 Å². The van der Waals surface area contributed by atoms with Crippen molar-refractivity contribution in [2.45, 2.75) is 31.7 Å². The van der Waals surface area contributed by atoms with E-state index in [1.165, 1.54) is 12.1 Å². The van der Waals surface area contributed by atoms with Gasteiger partial charge in [-0.1, -0.05) is 12.1 Å². The summed E-state index contributed by atoms with van der Waals surface area (Å²) in [6.45, 7) is 0. The molecule has 116 valence electrons. The van der Waals surface area contributed by atoms with Crippen LogP contribution in [-0.2, 0) is 16.0 Å². The molecule has 0 aliphatic rings. The Morgan fingerprint density at radius 3 is 2.57 bits per heavy atom. The minimum atomic E-state index is -1.00. The second-order valence-corrected chi connectivity index (χ2v) is 5.71. The normalized spacial score (nSPS) is 11.9. The maximum absolute atomic E-state index is 12.7. The summed E-state index contributed by atoms with van der Waals surface area (Å²) in [7, 11) is 0. The third-order valence-electron chi connectivity index (χ3n) is 3.03. The zero-order valence-electron chi connectivity index (χ0n) is 12.0. The number of aryl methyl sites for hydroxylation is 1. The number of carboxylic acid groups (broad SMARTS) is 1. The smallest absolute Gasteiger partial charge is 0.326 e. The van der Waals surface area contributed by atoms with Gasteiger partial charge in [0, 0.05) is 6.42 Å². The third kappa shape index (κ3) is 7.13. The highest BCUT2D eigenvalue weighted by Crippen LogP contribution is 2.07. The van der Waals surface area contributed by atoms with Gasteiger partial charge in [-0.3, -0.25) is 4.79 Å². The fourth-order valence-electron chi connectivity index (χ4n) is 1.86. The molecule has 0 spiro atoms. The van der Waals surface area contributed by atoms with Gasteiger partial charge in [0.2, 0.25) is 5.91 Å². The summed E-state index contributed by atoms with van der Waals surface area (Å²) in [6, 6.07) is 5.32. The van der Waals surface area contributed by atoms with Gasteiger partial charge >= 0.3 is 5.97 Å². The summed E-state index contributed by atoms with van der Waals surface area (Å²) in [5, 5.41) is 11.6. The Morgan fingerprint density at radius 1 is 1.33 bits per heavy atom. The molecule has 4 nitrogen and oxygen atoms in total. The second-order valence-electron chi connectivity index (χ2n) is 4.72. The van der Waals surface area contributed by atoms with E-state index in [0.717, 1.165) is 5.56 Å². The van der Waals surface area contributed by atoms with E-state index in [9.17, 15) is 14.0 Å². The number of nitrogens with one attached hydrogen (secondary N) is 1. The first kappa shape index (κ1) is 17.5. The van der Waals surface area contributed by atoms with E-state index in [2.05, 4.69) is 5.32 Å². The Labute approximate surface area is 128 Å². The molecule has 1 amide bonds. The highest BCUT2D eigenvalue weighted by atomic mass is 32.2. The standard InChI is InChI=1S/C15H20FNO3S/c1-21-10-9-13(15(19)20)17-14(18)4-2-3-11-5-7-12(16)8-6-11/h5-8,13H,2-4,9-10H2,1H3,(H,17,18)(H,19,20). The molecule has 0 saturated heterocycles. The summed E-state index contributed by atoms with van der Waals surface area (Å²) in [6.07, 6.45) is 3.84. The summed E-state index contributed by atoms with van der Waals surface area (Å²) in [5.41, 5.74) is 0.960. The number of hydrogen-bond acceptors (Lipinski definition) is 3. The van der Waals surface area contributed by atoms with Crippen LogP contribution in [0.2, 0.25) is 0 Å². The maximum atomic E-state index is 12.7. The van der Waals surface area contributed by atoms with Crippen LogP contribution in [0, 0.1) is 5.82 Å². The van der Waals surface area contributed by atoms with Crippen molar-refractivity contribution < 1.29 is 19.1 Å². The van der Waals surface area contributed by atoms with Gasteiger partial charge in [-0.15, -0.1) is 0 Å². The van der Waals surface area contributed by atoms with E-state index >= 15 is 0 Å². The lowest BCUT2D eigenvalue weighted by Gasteiger charge is -2.13. The van der Waals surface area contributed by atoms with Crippen molar-refractivity contribution in [1.82, 2.24) is 5.32 Å². The van der Waals surface area contributed by atoms with Gasteiger partial charge in [0.25, 0.3) is 0 Å². The molecule has 0 bridgehead atoms. The first-order valence-electron chi connectivity index (χ1n) is 6.78. The van der Waals surface area contributed by atoms with E-state index in [1.54, 1.807) is 23.9 Å². The summed E-state index contributed by atoms with van der Waals surface area (Å²) in [4.78, 5) is 22.7. The van der Waals surface area contributed by atoms with E-state index < -0.39 is 12.0 Å². The fourth-order valence-corrected chi connectivity index (χ4v) is 2.34. The van der Waals surface area contributed by atoms with Gasteiger partial charge in [0.1, 0.15) is 11.9 Å². The van der Waals surface area contributed by atoms with Crippen LogP contribution in [-0.4, -0.2) is 35.0 Å². The lowest BCUT2D eigenvalue weighted by atomic mass is 10.1. The van der Waals surface area contributed by atoms with Crippen LogP contribution in [0.1, 0.15) is 24.8 Å². The van der Waals surface area contributed by atoms with Crippen molar-refractivity contribution in [3.63, 3.8) is 0 Å². The van der Waals surface area contributed by atoms with E-state index in [1.807, 2.05) is 6.26 Å². The quantitative estimate of drug-likeness (QED) is 0.735. The monoisotopic (exact) mass is 313 g/mol. The molecule has 1 unspecified atom stereocenters. The first-order chi connectivity index (χ1) is 10.0. The molecule has 1 aromatic rings. The van der Waals surface area contributed by atoms with Crippen LogP contribution in [0.25, 0.3) is 0 Å². The molecule has 0 fully saturated rings. The SMILES string of the molecule is CSCCC(NC(=O)CCCc1ccc(F)cc1)C(=O)O. The molecule has 1 atom stereocenters. The zero-order chi connectivity index (χ0) is 15.7. The third-order valence-corrected chi connectivity index (χ3v) is 3.67. The van der Waals surface area contributed by atoms with Crippen molar-refractivity contribution in [3.8, 4) is 0 Å². The van der Waals surface area contributed by atoms with Crippen LogP contribution in [0.15, 0.2) is 24.3 Å². The molecule has 2 N–H and O–H groups in total. The van der Waals surface area contributed by atoms with E-state index in [0.29, 0.717) is 25.0 Å².